The van der Waals surface area contributed by atoms with Crippen LogP contribution in [-0.2, 0) is 9.53 Å². The summed E-state index contributed by atoms with van der Waals surface area (Å²) in [5.41, 5.74) is 5.31. The van der Waals surface area contributed by atoms with Crippen molar-refractivity contribution in [2.75, 3.05) is 6.61 Å². The third-order valence-corrected chi connectivity index (χ3v) is 5.38. The Kier molecular flexibility index (Phi) is 5.24. The zero-order valence-corrected chi connectivity index (χ0v) is 13.5. The third kappa shape index (κ3) is 3.61. The van der Waals surface area contributed by atoms with Gasteiger partial charge in [0.25, 0.3) is 0 Å². The Labute approximate surface area is 133 Å². The van der Waals surface area contributed by atoms with Crippen molar-refractivity contribution in [1.29, 1.82) is 0 Å². The molecule has 1 aromatic rings. The van der Waals surface area contributed by atoms with Crippen molar-refractivity contribution in [3.8, 4) is 0 Å². The van der Waals surface area contributed by atoms with E-state index in [2.05, 4.69) is 0 Å². The van der Waals surface area contributed by atoms with E-state index >= 15 is 0 Å². The summed E-state index contributed by atoms with van der Waals surface area (Å²) in [6.07, 6.45) is 2.17. The molecule has 0 radical (unpaired) electrons. The van der Waals surface area contributed by atoms with Crippen LogP contribution in [0.1, 0.15) is 26.2 Å². The Morgan fingerprint density at radius 1 is 1.50 bits per heavy atom. The second kappa shape index (κ2) is 6.56. The van der Waals surface area contributed by atoms with Crippen LogP contribution >= 0.6 is 35.0 Å². The number of nitrogens with two attached hydrogens (primary N) is 1. The first-order valence-electron chi connectivity index (χ1n) is 6.52. The molecule has 2 N–H and O–H groups in total. The number of hydrogen-bond acceptors (Lipinski definition) is 4. The number of rotatable bonds is 4. The van der Waals surface area contributed by atoms with Gasteiger partial charge in [0.15, 0.2) is 0 Å². The molecule has 20 heavy (non-hydrogen) atoms. The van der Waals surface area contributed by atoms with Gasteiger partial charge in [-0.25, -0.2) is 0 Å². The number of carbonyl (C=O) groups is 1. The SMILES string of the molecule is CCOC(=O)C1(N)CCC(Sc2ccc(Cl)c(Cl)c2)C1. The van der Waals surface area contributed by atoms with Gasteiger partial charge in [0.2, 0.25) is 0 Å². The maximum absolute atomic E-state index is 11.9. The van der Waals surface area contributed by atoms with E-state index in [1.165, 1.54) is 0 Å². The highest BCUT2D eigenvalue weighted by molar-refractivity contribution is 8.00. The lowest BCUT2D eigenvalue weighted by Crippen LogP contribution is -2.47. The van der Waals surface area contributed by atoms with Gasteiger partial charge >= 0.3 is 5.97 Å². The molecule has 0 aromatic heterocycles. The first-order valence-corrected chi connectivity index (χ1v) is 8.16. The predicted octanol–water partition coefficient (Wildman–Crippen LogP) is 3.90. The third-order valence-electron chi connectivity index (χ3n) is 3.38. The van der Waals surface area contributed by atoms with Crippen molar-refractivity contribution >= 4 is 40.9 Å². The van der Waals surface area contributed by atoms with Crippen LogP contribution in [0.15, 0.2) is 23.1 Å². The van der Waals surface area contributed by atoms with Gasteiger partial charge in [-0.2, -0.15) is 0 Å². The molecule has 0 bridgehead atoms. The fourth-order valence-corrected chi connectivity index (χ4v) is 4.03. The number of esters is 1. The first kappa shape index (κ1) is 16.0. The molecule has 2 unspecified atom stereocenters. The highest BCUT2D eigenvalue weighted by Crippen LogP contribution is 2.40. The number of halogens is 2. The molecular formula is C14H17Cl2NO2S. The zero-order chi connectivity index (χ0) is 14.8. The number of ether oxygens (including phenoxy) is 1. The van der Waals surface area contributed by atoms with Gasteiger partial charge in [-0.05, 0) is 44.4 Å². The quantitative estimate of drug-likeness (QED) is 0.849. The molecule has 1 fully saturated rings. The molecule has 2 atom stereocenters. The molecular weight excluding hydrogens is 317 g/mol. The van der Waals surface area contributed by atoms with Crippen LogP contribution in [-0.4, -0.2) is 23.4 Å². The summed E-state index contributed by atoms with van der Waals surface area (Å²) in [5, 5.41) is 1.38. The fraction of sp³-hybridized carbons (Fsp3) is 0.500. The van der Waals surface area contributed by atoms with Gasteiger partial charge in [0.05, 0.1) is 16.7 Å². The van der Waals surface area contributed by atoms with Crippen molar-refractivity contribution < 1.29 is 9.53 Å². The van der Waals surface area contributed by atoms with Gasteiger partial charge in [-0.3, -0.25) is 4.79 Å². The van der Waals surface area contributed by atoms with Crippen LogP contribution in [0.4, 0.5) is 0 Å². The minimum Gasteiger partial charge on any atom is -0.465 e. The van der Waals surface area contributed by atoms with Crippen LogP contribution in [0.5, 0.6) is 0 Å². The fourth-order valence-electron chi connectivity index (χ4n) is 2.33. The molecule has 0 spiro atoms. The molecule has 110 valence electrons. The van der Waals surface area contributed by atoms with Gasteiger partial charge in [0, 0.05) is 10.1 Å². The lowest BCUT2D eigenvalue weighted by atomic mass is 10.00. The maximum Gasteiger partial charge on any atom is 0.326 e. The van der Waals surface area contributed by atoms with Crippen molar-refractivity contribution in [3.05, 3.63) is 28.2 Å². The molecule has 0 aliphatic heterocycles. The van der Waals surface area contributed by atoms with E-state index in [4.69, 9.17) is 33.7 Å². The highest BCUT2D eigenvalue weighted by Gasteiger charge is 2.43. The molecule has 0 saturated heterocycles. The summed E-state index contributed by atoms with van der Waals surface area (Å²) in [7, 11) is 0. The Hall–Kier alpha value is -0.420. The van der Waals surface area contributed by atoms with Crippen LogP contribution in [0.3, 0.4) is 0 Å². The lowest BCUT2D eigenvalue weighted by molar-refractivity contribution is -0.149. The van der Waals surface area contributed by atoms with E-state index in [9.17, 15) is 4.79 Å². The van der Waals surface area contributed by atoms with Gasteiger partial charge in [0.1, 0.15) is 5.54 Å². The summed E-state index contributed by atoms with van der Waals surface area (Å²) < 4.78 is 5.05. The molecule has 6 heteroatoms. The molecule has 1 saturated carbocycles. The summed E-state index contributed by atoms with van der Waals surface area (Å²) >= 11 is 13.6. The van der Waals surface area contributed by atoms with Crippen molar-refractivity contribution in [2.45, 2.75) is 41.9 Å². The number of carbonyl (C=O) groups excluding carboxylic acids is 1. The van der Waals surface area contributed by atoms with E-state index in [1.807, 2.05) is 12.1 Å². The molecule has 0 heterocycles. The normalized spacial score (nSPS) is 25.7. The van der Waals surface area contributed by atoms with Crippen LogP contribution in [0.25, 0.3) is 0 Å². The average molecular weight is 334 g/mol. The summed E-state index contributed by atoms with van der Waals surface area (Å²) in [5.74, 6) is -0.294. The second-order valence-electron chi connectivity index (χ2n) is 4.94. The standard InChI is InChI=1S/C14H17Cl2NO2S/c1-2-19-13(18)14(17)6-5-10(8-14)20-9-3-4-11(15)12(16)7-9/h3-4,7,10H,2,5-6,8,17H2,1H3. The molecule has 2 rings (SSSR count). The summed E-state index contributed by atoms with van der Waals surface area (Å²) in [6, 6.07) is 5.55. The molecule has 0 amide bonds. The molecule has 1 aliphatic rings. The summed E-state index contributed by atoms with van der Waals surface area (Å²) in [4.78, 5) is 12.9. The number of hydrogen-bond donors (Lipinski definition) is 1. The van der Waals surface area contributed by atoms with E-state index in [0.717, 1.165) is 11.3 Å². The van der Waals surface area contributed by atoms with E-state index < -0.39 is 5.54 Å². The van der Waals surface area contributed by atoms with Crippen molar-refractivity contribution in [1.82, 2.24) is 0 Å². The second-order valence-corrected chi connectivity index (χ2v) is 7.12. The smallest absolute Gasteiger partial charge is 0.326 e. The van der Waals surface area contributed by atoms with Gasteiger partial charge in [-0.1, -0.05) is 23.2 Å². The Morgan fingerprint density at radius 3 is 2.90 bits per heavy atom. The van der Waals surface area contributed by atoms with Gasteiger partial charge in [-0.15, -0.1) is 11.8 Å². The Bertz CT molecular complexity index is 512. The Morgan fingerprint density at radius 2 is 2.25 bits per heavy atom. The van der Waals surface area contributed by atoms with E-state index in [0.29, 0.717) is 34.7 Å². The molecule has 1 aromatic carbocycles. The molecule has 1 aliphatic carbocycles. The Balaban J connectivity index is 1.99. The minimum atomic E-state index is -0.843. The maximum atomic E-state index is 11.9. The number of benzene rings is 1. The summed E-state index contributed by atoms with van der Waals surface area (Å²) in [6.45, 7) is 2.15. The van der Waals surface area contributed by atoms with Crippen LogP contribution < -0.4 is 5.73 Å². The topological polar surface area (TPSA) is 52.3 Å². The van der Waals surface area contributed by atoms with Crippen LogP contribution in [0, 0.1) is 0 Å². The largest absolute Gasteiger partial charge is 0.465 e. The highest BCUT2D eigenvalue weighted by atomic mass is 35.5. The predicted molar refractivity (Wildman–Crippen MR) is 83.5 cm³/mol. The molecule has 3 nitrogen and oxygen atoms in total. The average Bonchev–Trinajstić information content (AvgIpc) is 2.77. The zero-order valence-electron chi connectivity index (χ0n) is 11.2. The minimum absolute atomic E-state index is 0.293. The van der Waals surface area contributed by atoms with Crippen LogP contribution in [0.2, 0.25) is 10.0 Å². The van der Waals surface area contributed by atoms with E-state index in [1.54, 1.807) is 24.8 Å². The van der Waals surface area contributed by atoms with Crippen molar-refractivity contribution in [3.63, 3.8) is 0 Å². The van der Waals surface area contributed by atoms with Crippen molar-refractivity contribution in [2.24, 2.45) is 5.73 Å². The van der Waals surface area contributed by atoms with E-state index in [-0.39, 0.29) is 5.97 Å². The lowest BCUT2D eigenvalue weighted by Gasteiger charge is -2.21. The first-order chi connectivity index (χ1) is 9.44. The van der Waals surface area contributed by atoms with Gasteiger partial charge < -0.3 is 10.5 Å². The number of thioether (sulfide) groups is 1. The monoisotopic (exact) mass is 333 g/mol.